The first-order chi connectivity index (χ1) is 30.4. The number of sulfonamides is 1. The monoisotopic (exact) mass is 930 g/mol. The number of carbonyl (C=O) groups is 1. The number of amides is 1. The molecule has 0 aliphatic carbocycles. The Balaban J connectivity index is 0.000000214. The van der Waals surface area contributed by atoms with E-state index < -0.39 is 48.7 Å². The number of hydroxylamine groups is 2. The first-order valence-corrected chi connectivity index (χ1v) is 22.9. The van der Waals surface area contributed by atoms with Crippen molar-refractivity contribution >= 4 is 31.5 Å². The van der Waals surface area contributed by atoms with Crippen LogP contribution < -0.4 is 24.1 Å². The van der Waals surface area contributed by atoms with E-state index in [9.17, 15) is 50.0 Å². The third-order valence-electron chi connectivity index (χ3n) is 10.0. The summed E-state index contributed by atoms with van der Waals surface area (Å²) >= 11 is 0. The molecule has 2 N–H and O–H groups in total. The highest BCUT2D eigenvalue weighted by molar-refractivity contribution is 7.93. The van der Waals surface area contributed by atoms with Crippen LogP contribution in [0.15, 0.2) is 130 Å². The van der Waals surface area contributed by atoms with Crippen molar-refractivity contribution in [3.05, 3.63) is 131 Å². The van der Waals surface area contributed by atoms with Gasteiger partial charge in [0.2, 0.25) is 0 Å². The Bertz CT molecular complexity index is 2630. The zero-order chi connectivity index (χ0) is 46.1. The highest BCUT2D eigenvalue weighted by Crippen LogP contribution is 2.31. The predicted octanol–water partition coefficient (Wildman–Crippen LogP) is 6.64. The lowest BCUT2D eigenvalue weighted by Gasteiger charge is -2.30. The Hall–Kier alpha value is -6.13. The lowest BCUT2D eigenvalue weighted by molar-refractivity contribution is -0.274. The number of aryl methyl sites for hydroxylation is 1. The fourth-order valence-corrected chi connectivity index (χ4v) is 9.79. The molecule has 0 saturated carbocycles. The van der Waals surface area contributed by atoms with Crippen molar-refractivity contribution in [2.24, 2.45) is 0 Å². The summed E-state index contributed by atoms with van der Waals surface area (Å²) in [5, 5.41) is 18.6. The molecular weight excluding hydrogens is 886 g/mol. The second-order valence-corrected chi connectivity index (χ2v) is 18.5. The van der Waals surface area contributed by atoms with Gasteiger partial charge in [-0.1, -0.05) is 17.7 Å². The van der Waals surface area contributed by atoms with Crippen molar-refractivity contribution in [2.45, 2.75) is 47.6 Å². The number of hydrogen-bond donors (Lipinski definition) is 2. The van der Waals surface area contributed by atoms with Crippen LogP contribution in [0, 0.1) is 6.92 Å². The molecule has 2 saturated heterocycles. The van der Waals surface area contributed by atoms with Gasteiger partial charge in [-0.05, 0) is 123 Å². The number of aromatic nitrogens is 1. The first-order valence-electron chi connectivity index (χ1n) is 19.9. The molecule has 16 nitrogen and oxygen atoms in total. The summed E-state index contributed by atoms with van der Waals surface area (Å²) in [4.78, 5) is 26.7. The third kappa shape index (κ3) is 12.3. The molecule has 0 spiro atoms. The molecule has 1 aromatic heterocycles. The van der Waals surface area contributed by atoms with E-state index in [0.717, 1.165) is 28.2 Å². The van der Waals surface area contributed by atoms with E-state index in [2.05, 4.69) is 9.64 Å². The molecule has 0 radical (unpaired) electrons. The SMILES string of the molecule is Cc1ccc(Oc2ccc(S(=O)(=O)N(CCN3CCOCC3)c3cccn(O)c3=O)cc2)cc1.O=C1C(S(=O)(=O)c2ccc(Oc3ccc(OC(F)(F)F)cc3)cc2)CCCCN1O. The molecule has 4 aromatic carbocycles. The minimum Gasteiger partial charge on any atom is -0.457 e. The third-order valence-corrected chi connectivity index (χ3v) is 13.9. The van der Waals surface area contributed by atoms with Crippen LogP contribution in [0.4, 0.5) is 18.9 Å². The summed E-state index contributed by atoms with van der Waals surface area (Å²) in [6.45, 7) is 5.03. The van der Waals surface area contributed by atoms with Gasteiger partial charge < -0.3 is 24.2 Å². The van der Waals surface area contributed by atoms with Crippen LogP contribution in [0.1, 0.15) is 24.8 Å². The van der Waals surface area contributed by atoms with Crippen molar-refractivity contribution in [1.29, 1.82) is 0 Å². The first kappa shape index (κ1) is 47.4. The number of anilines is 1. The van der Waals surface area contributed by atoms with Gasteiger partial charge in [0.15, 0.2) is 9.84 Å². The van der Waals surface area contributed by atoms with Crippen molar-refractivity contribution in [3.8, 4) is 28.7 Å². The van der Waals surface area contributed by atoms with Gasteiger partial charge in [-0.25, -0.2) is 21.9 Å². The zero-order valence-corrected chi connectivity index (χ0v) is 36.0. The van der Waals surface area contributed by atoms with E-state index >= 15 is 0 Å². The van der Waals surface area contributed by atoms with Crippen molar-refractivity contribution in [1.82, 2.24) is 14.7 Å². The van der Waals surface area contributed by atoms with Gasteiger partial charge in [0.25, 0.3) is 15.9 Å². The van der Waals surface area contributed by atoms with Crippen LogP contribution in [0.5, 0.6) is 28.7 Å². The van der Waals surface area contributed by atoms with Gasteiger partial charge in [0.05, 0.1) is 23.0 Å². The van der Waals surface area contributed by atoms with Gasteiger partial charge in [-0.3, -0.25) is 24.0 Å². The van der Waals surface area contributed by atoms with Crippen LogP contribution in [-0.2, 0) is 29.4 Å². The molecule has 2 aliphatic rings. The van der Waals surface area contributed by atoms with Crippen LogP contribution in [0.25, 0.3) is 0 Å². The summed E-state index contributed by atoms with van der Waals surface area (Å²) in [5.41, 5.74) is 0.166. The Morgan fingerprint density at radius 2 is 1.23 bits per heavy atom. The highest BCUT2D eigenvalue weighted by Gasteiger charge is 2.38. The average molecular weight is 931 g/mol. The number of rotatable bonds is 13. The van der Waals surface area contributed by atoms with Gasteiger partial charge in [0.1, 0.15) is 39.7 Å². The number of halogens is 3. The molecule has 1 unspecified atom stereocenters. The fraction of sp³-hybridized carbons (Fsp3) is 0.302. The van der Waals surface area contributed by atoms with Crippen LogP contribution in [0.3, 0.4) is 0 Å². The number of nitrogens with zero attached hydrogens (tertiary/aromatic N) is 4. The molecule has 5 aromatic rings. The van der Waals surface area contributed by atoms with Crippen LogP contribution in [-0.4, -0.2) is 105 Å². The second kappa shape index (κ2) is 20.6. The van der Waals surface area contributed by atoms with Crippen molar-refractivity contribution in [3.63, 3.8) is 0 Å². The maximum Gasteiger partial charge on any atom is 0.573 e. The zero-order valence-electron chi connectivity index (χ0n) is 34.3. The second-order valence-electron chi connectivity index (χ2n) is 14.5. The number of hydrogen-bond acceptors (Lipinski definition) is 13. The van der Waals surface area contributed by atoms with Crippen LogP contribution in [0.2, 0.25) is 0 Å². The van der Waals surface area contributed by atoms with E-state index in [1.807, 2.05) is 31.2 Å². The van der Waals surface area contributed by atoms with Crippen molar-refractivity contribution < 1.29 is 64.2 Å². The van der Waals surface area contributed by atoms with Gasteiger partial charge in [-0.15, -0.1) is 13.2 Å². The Morgan fingerprint density at radius 1 is 0.719 bits per heavy atom. The van der Waals surface area contributed by atoms with E-state index in [1.165, 1.54) is 60.7 Å². The molecule has 3 heterocycles. The standard InChI is InChI=1S/C24H27N3O6S.C19H18F3NO6S/c1-19-4-6-20(7-5-19)33-21-8-10-22(11-9-21)34(30,31)27(14-13-25-15-17-32-18-16-25)23-3-2-12-26(29)24(23)28;20-19(21,22)29-15-6-4-13(5-7-15)28-14-8-10-16(11-9-14)30(26,27)17-3-1-2-12-23(25)18(17)24/h2-12,29H,13-18H2,1H3;4-11,17,25H,1-3,12H2. The highest BCUT2D eigenvalue weighted by atomic mass is 32.2. The normalized spacial score (nSPS) is 16.2. The number of morpholine rings is 1. The number of carbonyl (C=O) groups excluding carboxylic acids is 1. The molecule has 1 amide bonds. The molecule has 64 heavy (non-hydrogen) atoms. The minimum atomic E-state index is -4.80. The quantitative estimate of drug-likeness (QED) is 0.0944. The molecular formula is C43H45F3N4O12S2. The van der Waals surface area contributed by atoms with Gasteiger partial charge >= 0.3 is 11.9 Å². The molecule has 21 heteroatoms. The van der Waals surface area contributed by atoms with Gasteiger partial charge in [0, 0.05) is 38.9 Å². The topological polar surface area (TPSA) is 194 Å². The lowest BCUT2D eigenvalue weighted by atomic mass is 10.2. The summed E-state index contributed by atoms with van der Waals surface area (Å²) < 4.78 is 111. The summed E-state index contributed by atoms with van der Waals surface area (Å²) in [7, 11) is -8.10. The lowest BCUT2D eigenvalue weighted by Crippen LogP contribution is -2.44. The largest absolute Gasteiger partial charge is 0.573 e. The van der Waals surface area contributed by atoms with Crippen LogP contribution >= 0.6 is 0 Å². The van der Waals surface area contributed by atoms with E-state index in [1.54, 1.807) is 12.1 Å². The predicted molar refractivity (Wildman–Crippen MR) is 225 cm³/mol. The molecule has 342 valence electrons. The number of benzene rings is 4. The van der Waals surface area contributed by atoms with Gasteiger partial charge in [-0.2, -0.15) is 4.73 Å². The molecule has 0 bridgehead atoms. The Morgan fingerprint density at radius 3 is 1.80 bits per heavy atom. The maximum absolute atomic E-state index is 13.6. The smallest absolute Gasteiger partial charge is 0.457 e. The minimum absolute atomic E-state index is 0.0125. The molecule has 7 rings (SSSR count). The van der Waals surface area contributed by atoms with Crippen molar-refractivity contribution in [2.75, 3.05) is 50.2 Å². The fourth-order valence-electron chi connectivity index (χ4n) is 6.62. The summed E-state index contributed by atoms with van der Waals surface area (Å²) in [5.74, 6) is 0.335. The summed E-state index contributed by atoms with van der Waals surface area (Å²) in [6, 6.07) is 26.3. The Labute approximate surface area is 367 Å². The molecule has 2 aliphatic heterocycles. The van der Waals surface area contributed by atoms with E-state index in [4.69, 9.17) is 14.2 Å². The molecule has 2 fully saturated rings. The van der Waals surface area contributed by atoms with E-state index in [0.29, 0.717) is 67.0 Å². The number of pyridine rings is 1. The number of sulfone groups is 1. The average Bonchev–Trinajstić information content (AvgIpc) is 3.44. The van der Waals surface area contributed by atoms with E-state index in [-0.39, 0.29) is 46.5 Å². The number of ether oxygens (including phenoxy) is 4. The number of alkyl halides is 3. The molecule has 1 atom stereocenters. The maximum atomic E-state index is 13.6. The summed E-state index contributed by atoms with van der Waals surface area (Å²) in [6.07, 6.45) is -2.52. The Kier molecular flexibility index (Phi) is 15.2.